The van der Waals surface area contributed by atoms with E-state index in [9.17, 15) is 4.39 Å². The van der Waals surface area contributed by atoms with E-state index in [1.54, 1.807) is 12.3 Å². The molecular formula is C25H27FN6O. The Morgan fingerprint density at radius 1 is 1.27 bits per heavy atom. The molecule has 6 rings (SSSR count). The van der Waals surface area contributed by atoms with Crippen molar-refractivity contribution in [1.82, 2.24) is 15.0 Å². The third kappa shape index (κ3) is 3.15. The lowest BCUT2D eigenvalue weighted by Gasteiger charge is -2.46. The number of anilines is 2. The molecule has 0 spiro atoms. The van der Waals surface area contributed by atoms with Gasteiger partial charge in [-0.2, -0.15) is 9.97 Å². The number of aromatic nitrogens is 3. The average Bonchev–Trinajstić information content (AvgIpc) is 3.28. The molecule has 2 aliphatic carbocycles. The SMILES string of the molecule is CNc1cc(F)cc2c1Cc1nc(Oc3ccc(C)nc3)nc(N3C[C@@H]4[C@H](N)C[C@]4(C)C3)c1-2. The van der Waals surface area contributed by atoms with Gasteiger partial charge in [0, 0.05) is 49.5 Å². The molecule has 2 aromatic heterocycles. The second-order valence-corrected chi connectivity index (χ2v) is 9.80. The summed E-state index contributed by atoms with van der Waals surface area (Å²) in [6, 6.07) is 7.37. The van der Waals surface area contributed by atoms with Gasteiger partial charge in [0.25, 0.3) is 0 Å². The van der Waals surface area contributed by atoms with Gasteiger partial charge in [-0.05, 0) is 60.1 Å². The highest BCUT2D eigenvalue weighted by Crippen LogP contribution is 2.54. The number of aryl methyl sites for hydroxylation is 1. The van der Waals surface area contributed by atoms with E-state index in [0.29, 0.717) is 18.1 Å². The summed E-state index contributed by atoms with van der Waals surface area (Å²) in [6.07, 6.45) is 3.27. The normalized spacial score (nSPS) is 24.7. The van der Waals surface area contributed by atoms with Crippen LogP contribution in [0.25, 0.3) is 11.1 Å². The minimum atomic E-state index is -0.279. The maximum Gasteiger partial charge on any atom is 0.324 e. The van der Waals surface area contributed by atoms with Gasteiger partial charge >= 0.3 is 6.01 Å². The highest BCUT2D eigenvalue weighted by molar-refractivity contribution is 5.88. The fourth-order valence-electron chi connectivity index (χ4n) is 5.84. The Kier molecular flexibility index (Phi) is 4.39. The molecule has 8 heteroatoms. The second kappa shape index (κ2) is 7.12. The molecule has 33 heavy (non-hydrogen) atoms. The summed E-state index contributed by atoms with van der Waals surface area (Å²) >= 11 is 0. The van der Waals surface area contributed by atoms with Crippen molar-refractivity contribution in [3.05, 3.63) is 53.2 Å². The van der Waals surface area contributed by atoms with Crippen LogP contribution in [0.4, 0.5) is 15.9 Å². The number of nitrogens with two attached hydrogens (primary N) is 1. The fourth-order valence-corrected chi connectivity index (χ4v) is 5.84. The number of pyridine rings is 1. The van der Waals surface area contributed by atoms with Gasteiger partial charge in [0.15, 0.2) is 0 Å². The molecule has 2 fully saturated rings. The Labute approximate surface area is 192 Å². The lowest BCUT2D eigenvalue weighted by molar-refractivity contribution is 0.0771. The van der Waals surface area contributed by atoms with E-state index in [4.69, 9.17) is 20.4 Å². The van der Waals surface area contributed by atoms with Crippen molar-refractivity contribution in [1.29, 1.82) is 0 Å². The van der Waals surface area contributed by atoms with E-state index in [2.05, 4.69) is 22.1 Å². The number of rotatable bonds is 4. The number of nitrogens with one attached hydrogen (secondary N) is 1. The number of fused-ring (bicyclic) bond motifs is 4. The van der Waals surface area contributed by atoms with Crippen molar-refractivity contribution in [3.8, 4) is 22.9 Å². The van der Waals surface area contributed by atoms with Gasteiger partial charge < -0.3 is 20.7 Å². The van der Waals surface area contributed by atoms with Crippen LogP contribution >= 0.6 is 0 Å². The summed E-state index contributed by atoms with van der Waals surface area (Å²) < 4.78 is 20.5. The molecule has 0 bridgehead atoms. The predicted octanol–water partition coefficient (Wildman–Crippen LogP) is 3.90. The summed E-state index contributed by atoms with van der Waals surface area (Å²) in [5.74, 6) is 1.53. The topological polar surface area (TPSA) is 89.2 Å². The molecule has 3 aliphatic rings. The van der Waals surface area contributed by atoms with Crippen molar-refractivity contribution >= 4 is 11.5 Å². The Bertz CT molecular complexity index is 1260. The number of hydrogen-bond acceptors (Lipinski definition) is 7. The highest BCUT2D eigenvalue weighted by Gasteiger charge is 2.55. The average molecular weight is 447 g/mol. The Morgan fingerprint density at radius 3 is 2.82 bits per heavy atom. The minimum absolute atomic E-state index is 0.179. The summed E-state index contributed by atoms with van der Waals surface area (Å²) in [6.45, 7) is 5.92. The first-order valence-corrected chi connectivity index (χ1v) is 11.4. The smallest absolute Gasteiger partial charge is 0.324 e. The van der Waals surface area contributed by atoms with Crippen molar-refractivity contribution in [2.75, 3.05) is 30.4 Å². The van der Waals surface area contributed by atoms with Crippen LogP contribution in [0, 0.1) is 24.1 Å². The fraction of sp³-hybridized carbons (Fsp3) is 0.400. The van der Waals surface area contributed by atoms with Crippen LogP contribution in [0.3, 0.4) is 0 Å². The van der Waals surface area contributed by atoms with Gasteiger partial charge in [-0.1, -0.05) is 6.92 Å². The molecule has 0 unspecified atom stereocenters. The van der Waals surface area contributed by atoms with E-state index in [1.165, 1.54) is 6.07 Å². The predicted molar refractivity (Wildman–Crippen MR) is 125 cm³/mol. The molecule has 3 N–H and O–H groups in total. The minimum Gasteiger partial charge on any atom is -0.423 e. The molecule has 170 valence electrons. The Hall–Kier alpha value is -3.26. The summed E-state index contributed by atoms with van der Waals surface area (Å²) in [4.78, 5) is 16.2. The van der Waals surface area contributed by atoms with Crippen molar-refractivity contribution < 1.29 is 9.13 Å². The van der Waals surface area contributed by atoms with E-state index in [1.807, 2.05) is 26.1 Å². The second-order valence-electron chi connectivity index (χ2n) is 9.80. The number of nitrogens with zero attached hydrogens (tertiary/aromatic N) is 4. The molecule has 0 radical (unpaired) electrons. The van der Waals surface area contributed by atoms with Gasteiger partial charge in [-0.3, -0.25) is 4.98 Å². The first-order chi connectivity index (χ1) is 15.8. The van der Waals surface area contributed by atoms with Crippen LogP contribution in [0.5, 0.6) is 11.8 Å². The van der Waals surface area contributed by atoms with Crippen LogP contribution in [-0.4, -0.2) is 41.1 Å². The molecule has 1 aromatic carbocycles. The van der Waals surface area contributed by atoms with E-state index in [0.717, 1.165) is 59.1 Å². The van der Waals surface area contributed by atoms with E-state index in [-0.39, 0.29) is 23.3 Å². The standard InChI is InChI=1S/C25H27FN6O/c1-13-4-5-15(10-29-13)33-24-30-21-8-16-17(6-14(26)7-20(16)28-3)22(21)23(31-24)32-11-18-19(27)9-25(18,2)12-32/h4-7,10,18-19,28H,8-9,11-12,27H2,1-3H3/t18-,19-,25-/m1/s1. The van der Waals surface area contributed by atoms with E-state index >= 15 is 0 Å². The first kappa shape index (κ1) is 20.4. The quantitative estimate of drug-likeness (QED) is 0.491. The molecule has 1 saturated carbocycles. The highest BCUT2D eigenvalue weighted by atomic mass is 19.1. The van der Waals surface area contributed by atoms with Crippen LogP contribution in [-0.2, 0) is 6.42 Å². The van der Waals surface area contributed by atoms with Gasteiger partial charge in [0.1, 0.15) is 17.4 Å². The number of ether oxygens (including phenoxy) is 1. The summed E-state index contributed by atoms with van der Waals surface area (Å²) in [5, 5.41) is 3.13. The zero-order valence-electron chi connectivity index (χ0n) is 19.0. The van der Waals surface area contributed by atoms with Crippen LogP contribution < -0.4 is 20.7 Å². The molecule has 3 atom stereocenters. The lowest BCUT2D eigenvalue weighted by Crippen LogP contribution is -2.53. The third-order valence-corrected chi connectivity index (χ3v) is 7.52. The van der Waals surface area contributed by atoms with Gasteiger partial charge in [0.05, 0.1) is 11.9 Å². The lowest BCUT2D eigenvalue weighted by atomic mass is 9.60. The number of benzene rings is 1. The van der Waals surface area contributed by atoms with Crippen molar-refractivity contribution in [2.24, 2.45) is 17.1 Å². The van der Waals surface area contributed by atoms with E-state index < -0.39 is 0 Å². The molecule has 0 amide bonds. The Morgan fingerprint density at radius 2 is 2.12 bits per heavy atom. The molecule has 3 aromatic rings. The molecular weight excluding hydrogens is 419 g/mol. The van der Waals surface area contributed by atoms with Gasteiger partial charge in [-0.15, -0.1) is 0 Å². The maximum atomic E-state index is 14.5. The van der Waals surface area contributed by atoms with Crippen LogP contribution in [0.2, 0.25) is 0 Å². The van der Waals surface area contributed by atoms with Crippen LogP contribution in [0.15, 0.2) is 30.5 Å². The maximum absolute atomic E-state index is 14.5. The zero-order chi connectivity index (χ0) is 22.9. The van der Waals surface area contributed by atoms with Crippen molar-refractivity contribution in [3.63, 3.8) is 0 Å². The van der Waals surface area contributed by atoms with Gasteiger partial charge in [-0.25, -0.2) is 4.39 Å². The molecule has 1 aliphatic heterocycles. The zero-order valence-corrected chi connectivity index (χ0v) is 19.0. The summed E-state index contributed by atoms with van der Waals surface area (Å²) in [7, 11) is 1.81. The molecule has 7 nitrogen and oxygen atoms in total. The summed E-state index contributed by atoms with van der Waals surface area (Å²) in [5.41, 5.74) is 11.8. The van der Waals surface area contributed by atoms with Crippen molar-refractivity contribution in [2.45, 2.75) is 32.7 Å². The molecule has 3 heterocycles. The van der Waals surface area contributed by atoms with Gasteiger partial charge in [0.2, 0.25) is 0 Å². The monoisotopic (exact) mass is 446 g/mol. The number of halogens is 1. The largest absolute Gasteiger partial charge is 0.423 e. The number of hydrogen-bond donors (Lipinski definition) is 2. The molecule has 1 saturated heterocycles. The van der Waals surface area contributed by atoms with Crippen LogP contribution in [0.1, 0.15) is 30.3 Å². The first-order valence-electron chi connectivity index (χ1n) is 11.4. The third-order valence-electron chi connectivity index (χ3n) is 7.52. The Balaban J connectivity index is 1.47.